The Balaban J connectivity index is -0.000000163. The molecule has 0 amide bonds. The number of halogens is 1. The first-order valence-corrected chi connectivity index (χ1v) is 8.50. The minimum Gasteiger partial charge on any atom is -1.00 e. The fraction of sp³-hybridized carbons (Fsp3) is 0.231. The van der Waals surface area contributed by atoms with Crippen LogP contribution in [0.4, 0.5) is 0 Å². The van der Waals surface area contributed by atoms with Crippen molar-refractivity contribution in [2.75, 3.05) is 0 Å². The second-order valence-electron chi connectivity index (χ2n) is 4.10. The topological polar surface area (TPSA) is 20.2 Å². The average Bonchev–Trinajstić information content (AvgIpc) is 2.81. The standard InChI is InChI=1S/2C5H5.C3H10OSi.ClH.Ti/c2*1-2-4-5-3-1;1-5(2,3)4;;/h2*1-5H;4H,1-3H3;1H;/q2*-1;;;+3/p-1. The molecule has 2 aromatic carbocycles. The molecule has 0 fully saturated rings. The summed E-state index contributed by atoms with van der Waals surface area (Å²) in [6, 6.07) is 20.0. The van der Waals surface area contributed by atoms with Gasteiger partial charge < -0.3 is 17.2 Å². The van der Waals surface area contributed by atoms with E-state index in [2.05, 4.69) is 0 Å². The SMILES string of the molecule is C[Si](C)(C)O.[Cl-].[Ti+3].c1cc[cH-]c1.c1cc[cH-]c1. The van der Waals surface area contributed by atoms with Gasteiger partial charge in [-0.1, -0.05) is 0 Å². The smallest absolute Gasteiger partial charge is 1.00 e. The molecule has 1 radical (unpaired) electrons. The monoisotopic (exact) mass is 303 g/mol. The van der Waals surface area contributed by atoms with Crippen molar-refractivity contribution in [2.45, 2.75) is 19.6 Å². The van der Waals surface area contributed by atoms with Crippen molar-refractivity contribution in [3.63, 3.8) is 0 Å². The van der Waals surface area contributed by atoms with E-state index in [-0.39, 0.29) is 34.1 Å². The normalized spacial score (nSPS) is 8.24. The molecule has 2 rings (SSSR count). The maximum absolute atomic E-state index is 8.66. The van der Waals surface area contributed by atoms with Crippen LogP contribution in [0.25, 0.3) is 0 Å². The largest absolute Gasteiger partial charge is 3.00 e. The summed E-state index contributed by atoms with van der Waals surface area (Å²) >= 11 is 0. The van der Waals surface area contributed by atoms with Crippen molar-refractivity contribution in [2.24, 2.45) is 0 Å². The van der Waals surface area contributed by atoms with Gasteiger partial charge in [-0.15, -0.1) is 0 Å². The molecule has 0 aliphatic rings. The van der Waals surface area contributed by atoms with Crippen molar-refractivity contribution in [1.82, 2.24) is 0 Å². The first-order chi connectivity index (χ1) is 7.00. The van der Waals surface area contributed by atoms with E-state index in [1.54, 1.807) is 0 Å². The second-order valence-corrected chi connectivity index (χ2v) is 8.44. The molecular formula is C13H20ClOSiTi. The van der Waals surface area contributed by atoms with E-state index < -0.39 is 8.32 Å². The summed E-state index contributed by atoms with van der Waals surface area (Å²) in [5.74, 6) is 0. The van der Waals surface area contributed by atoms with Gasteiger partial charge in [-0.25, -0.2) is 24.3 Å². The van der Waals surface area contributed by atoms with Crippen molar-refractivity contribution >= 4 is 8.32 Å². The summed E-state index contributed by atoms with van der Waals surface area (Å²) in [6.07, 6.45) is 0. The van der Waals surface area contributed by atoms with Crippen LogP contribution < -0.4 is 12.4 Å². The van der Waals surface area contributed by atoms with Crippen LogP contribution in [0.2, 0.25) is 19.6 Å². The molecule has 0 aromatic heterocycles. The summed E-state index contributed by atoms with van der Waals surface area (Å²) in [7, 11) is -1.61. The summed E-state index contributed by atoms with van der Waals surface area (Å²) in [5, 5.41) is 0. The summed E-state index contributed by atoms with van der Waals surface area (Å²) in [5.41, 5.74) is 0. The van der Waals surface area contributed by atoms with Gasteiger partial charge in [0, 0.05) is 0 Å². The van der Waals surface area contributed by atoms with Crippen LogP contribution in [0, 0.1) is 0 Å². The molecule has 0 saturated carbocycles. The van der Waals surface area contributed by atoms with Crippen LogP contribution in [-0.4, -0.2) is 13.1 Å². The maximum Gasteiger partial charge on any atom is 3.00 e. The van der Waals surface area contributed by atoms with E-state index in [4.69, 9.17) is 4.80 Å². The zero-order valence-corrected chi connectivity index (χ0v) is 13.9. The first-order valence-electron chi connectivity index (χ1n) is 5.06. The van der Waals surface area contributed by atoms with Crippen LogP contribution in [0.5, 0.6) is 0 Å². The molecule has 0 aliphatic heterocycles. The molecule has 0 heterocycles. The molecule has 0 unspecified atom stereocenters. The van der Waals surface area contributed by atoms with Crippen LogP contribution >= 0.6 is 0 Å². The molecule has 0 aliphatic carbocycles. The molecule has 2 aromatic rings. The quantitative estimate of drug-likeness (QED) is 0.559. The maximum atomic E-state index is 8.66. The Labute approximate surface area is 127 Å². The predicted octanol–water partition coefficient (Wildman–Crippen LogP) is 0.626. The minimum atomic E-state index is -1.61. The van der Waals surface area contributed by atoms with Gasteiger partial charge in [0.1, 0.15) is 0 Å². The van der Waals surface area contributed by atoms with Gasteiger partial charge in [0.2, 0.25) is 0 Å². The third-order valence-corrected chi connectivity index (χ3v) is 1.11. The molecule has 0 spiro atoms. The average molecular weight is 304 g/mol. The van der Waals surface area contributed by atoms with Gasteiger partial charge in [0.05, 0.1) is 0 Å². The third-order valence-electron chi connectivity index (χ3n) is 1.11. The Morgan fingerprint density at radius 2 is 0.941 bits per heavy atom. The predicted molar refractivity (Wildman–Crippen MR) is 69.6 cm³/mol. The molecular weight excluding hydrogens is 284 g/mol. The van der Waals surface area contributed by atoms with Gasteiger partial charge in [0.25, 0.3) is 0 Å². The third kappa shape index (κ3) is 31.3. The van der Waals surface area contributed by atoms with E-state index in [1.165, 1.54) is 0 Å². The molecule has 0 atom stereocenters. The molecule has 17 heavy (non-hydrogen) atoms. The number of rotatable bonds is 0. The number of hydrogen-bond acceptors (Lipinski definition) is 1. The zero-order chi connectivity index (χ0) is 11.6. The van der Waals surface area contributed by atoms with Crippen molar-refractivity contribution in [3.8, 4) is 0 Å². The molecule has 0 saturated heterocycles. The summed E-state index contributed by atoms with van der Waals surface area (Å²) in [4.78, 5) is 8.66. The van der Waals surface area contributed by atoms with Gasteiger partial charge in [0.15, 0.2) is 8.32 Å². The van der Waals surface area contributed by atoms with Gasteiger partial charge in [-0.2, -0.15) is 36.4 Å². The fourth-order valence-corrected chi connectivity index (χ4v) is 0.642. The van der Waals surface area contributed by atoms with E-state index in [1.807, 2.05) is 80.3 Å². The van der Waals surface area contributed by atoms with Crippen LogP contribution in [0.3, 0.4) is 0 Å². The Hall–Kier alpha value is -0.119. The molecule has 93 valence electrons. The molecule has 0 bridgehead atoms. The van der Waals surface area contributed by atoms with Crippen LogP contribution in [-0.2, 0) is 21.7 Å². The van der Waals surface area contributed by atoms with Crippen molar-refractivity contribution < 1.29 is 38.9 Å². The molecule has 1 N–H and O–H groups in total. The van der Waals surface area contributed by atoms with E-state index in [0.717, 1.165) is 0 Å². The van der Waals surface area contributed by atoms with E-state index in [9.17, 15) is 0 Å². The van der Waals surface area contributed by atoms with Crippen molar-refractivity contribution in [1.29, 1.82) is 0 Å². The minimum absolute atomic E-state index is 0. The zero-order valence-electron chi connectivity index (χ0n) is 10.6. The fourth-order valence-electron chi connectivity index (χ4n) is 0.642. The van der Waals surface area contributed by atoms with Gasteiger partial charge >= 0.3 is 21.7 Å². The van der Waals surface area contributed by atoms with Gasteiger partial charge in [-0.3, -0.25) is 0 Å². The van der Waals surface area contributed by atoms with Crippen LogP contribution in [0.1, 0.15) is 0 Å². The summed E-state index contributed by atoms with van der Waals surface area (Å²) < 4.78 is 0. The van der Waals surface area contributed by atoms with Crippen molar-refractivity contribution in [3.05, 3.63) is 60.7 Å². The van der Waals surface area contributed by atoms with E-state index >= 15 is 0 Å². The Morgan fingerprint density at radius 3 is 1.00 bits per heavy atom. The Morgan fingerprint density at radius 1 is 0.765 bits per heavy atom. The number of hydrogen-bond donors (Lipinski definition) is 1. The Kier molecular flexibility index (Phi) is 18.1. The van der Waals surface area contributed by atoms with Crippen LogP contribution in [0.15, 0.2) is 60.7 Å². The van der Waals surface area contributed by atoms with E-state index in [0.29, 0.717) is 0 Å². The first kappa shape index (κ1) is 22.1. The molecule has 1 nitrogen and oxygen atoms in total. The molecule has 4 heteroatoms. The Bertz CT molecular complexity index is 221. The second kappa shape index (κ2) is 13.9. The van der Waals surface area contributed by atoms with Gasteiger partial charge in [-0.05, 0) is 19.6 Å². The summed E-state index contributed by atoms with van der Waals surface area (Å²) in [6.45, 7) is 5.65.